The molecule has 0 saturated carbocycles. The largest absolute Gasteiger partial charge is 0.256 e. The zero-order chi connectivity index (χ0) is 37.0. The fourth-order valence-corrected chi connectivity index (χ4v) is 9.60. The molecule has 6 aliphatic carbocycles. The Morgan fingerprint density at radius 3 is 2.16 bits per heavy atom. The summed E-state index contributed by atoms with van der Waals surface area (Å²) < 4.78 is 0. The van der Waals surface area contributed by atoms with Crippen molar-refractivity contribution in [2.24, 2.45) is 17.8 Å². The van der Waals surface area contributed by atoms with E-state index in [1.54, 1.807) is 5.57 Å². The van der Waals surface area contributed by atoms with Crippen LogP contribution < -0.4 is 0 Å². The van der Waals surface area contributed by atoms with Gasteiger partial charge in [-0.25, -0.2) is 9.97 Å². The molecular formula is C53H41N3. The molecule has 0 radical (unpaired) electrons. The average Bonchev–Trinajstić information content (AvgIpc) is 3.28. The van der Waals surface area contributed by atoms with E-state index in [9.17, 15) is 0 Å². The first kappa shape index (κ1) is 32.9. The zero-order valence-corrected chi connectivity index (χ0v) is 31.2. The number of fused-ring (bicyclic) bond motifs is 6. The summed E-state index contributed by atoms with van der Waals surface area (Å²) in [5.41, 5.74) is 17.2. The Morgan fingerprint density at radius 1 is 0.571 bits per heavy atom. The molecule has 2 heterocycles. The van der Waals surface area contributed by atoms with Gasteiger partial charge in [-0.3, -0.25) is 4.98 Å². The number of rotatable bonds is 5. The van der Waals surface area contributed by atoms with Gasteiger partial charge in [0, 0.05) is 52.0 Å². The van der Waals surface area contributed by atoms with Gasteiger partial charge in [-0.15, -0.1) is 0 Å². The highest BCUT2D eigenvalue weighted by molar-refractivity contribution is 5.86. The van der Waals surface area contributed by atoms with Gasteiger partial charge < -0.3 is 0 Å². The van der Waals surface area contributed by atoms with Gasteiger partial charge in [-0.05, 0) is 88.4 Å². The Labute approximate surface area is 328 Å². The Hall–Kier alpha value is -6.45. The third-order valence-electron chi connectivity index (χ3n) is 12.5. The number of para-hydroxylation sites is 1. The summed E-state index contributed by atoms with van der Waals surface area (Å²) in [6.07, 6.45) is 38.7. The molecule has 0 N–H and O–H groups in total. The molecule has 11 rings (SSSR count). The van der Waals surface area contributed by atoms with Gasteiger partial charge in [0.25, 0.3) is 0 Å². The molecule has 268 valence electrons. The van der Waals surface area contributed by atoms with E-state index in [-0.39, 0.29) is 5.92 Å². The maximum Gasteiger partial charge on any atom is 0.160 e. The van der Waals surface area contributed by atoms with E-state index in [0.717, 1.165) is 70.5 Å². The summed E-state index contributed by atoms with van der Waals surface area (Å²) in [5.74, 6) is 2.24. The van der Waals surface area contributed by atoms with Gasteiger partial charge in [0.05, 0.1) is 16.9 Å². The molecule has 0 bridgehead atoms. The average molecular weight is 720 g/mol. The van der Waals surface area contributed by atoms with Gasteiger partial charge in [-0.1, -0.05) is 152 Å². The minimum Gasteiger partial charge on any atom is -0.256 e. The summed E-state index contributed by atoms with van der Waals surface area (Å²) in [5, 5.41) is 1.14. The van der Waals surface area contributed by atoms with Gasteiger partial charge in [0.1, 0.15) is 0 Å². The number of aromatic nitrogens is 3. The lowest BCUT2D eigenvalue weighted by atomic mass is 9.69. The first-order valence-electron chi connectivity index (χ1n) is 20.1. The molecule has 0 amide bonds. The maximum atomic E-state index is 5.36. The monoisotopic (exact) mass is 719 g/mol. The quantitative estimate of drug-likeness (QED) is 0.182. The van der Waals surface area contributed by atoms with Crippen molar-refractivity contribution >= 4 is 22.0 Å². The number of pyridine rings is 1. The van der Waals surface area contributed by atoms with E-state index < -0.39 is 0 Å². The Morgan fingerprint density at radius 2 is 1.29 bits per heavy atom. The number of allylic oxidation sites excluding steroid dienone is 19. The van der Waals surface area contributed by atoms with Gasteiger partial charge in [0.2, 0.25) is 0 Å². The molecule has 6 aliphatic rings. The molecule has 3 aromatic carbocycles. The van der Waals surface area contributed by atoms with Crippen LogP contribution in [0.2, 0.25) is 0 Å². The molecule has 56 heavy (non-hydrogen) atoms. The van der Waals surface area contributed by atoms with Crippen LogP contribution in [0.1, 0.15) is 54.1 Å². The van der Waals surface area contributed by atoms with Crippen LogP contribution in [0.25, 0.3) is 44.6 Å². The molecule has 0 saturated heterocycles. The van der Waals surface area contributed by atoms with Crippen molar-refractivity contribution in [3.05, 3.63) is 221 Å². The van der Waals surface area contributed by atoms with Crippen molar-refractivity contribution in [2.75, 3.05) is 0 Å². The SMILES string of the molecule is C1=CC2C=C(C3=CC=C(c4cc(C5=CC6C=CC=CC6c6ccccc65)nc(-c5ccc(-c6cnc7ccccc7c6)cc5)n4)CC3)C3=C(C=CCC3)C2C=C1. The fraction of sp³-hybridized carbons (Fsp3) is 0.151. The van der Waals surface area contributed by atoms with Crippen LogP contribution >= 0.6 is 0 Å². The Bertz CT molecular complexity index is 2760. The number of hydrogen-bond donors (Lipinski definition) is 0. The first-order chi connectivity index (χ1) is 27.7. The second-order valence-electron chi connectivity index (χ2n) is 15.7. The zero-order valence-electron chi connectivity index (χ0n) is 31.2. The van der Waals surface area contributed by atoms with Crippen molar-refractivity contribution in [1.82, 2.24) is 15.0 Å². The molecule has 4 unspecified atom stereocenters. The summed E-state index contributed by atoms with van der Waals surface area (Å²) in [6.45, 7) is 0. The summed E-state index contributed by atoms with van der Waals surface area (Å²) >= 11 is 0. The second-order valence-corrected chi connectivity index (χ2v) is 15.7. The van der Waals surface area contributed by atoms with Crippen molar-refractivity contribution in [1.29, 1.82) is 0 Å². The Balaban J connectivity index is 1.00. The third kappa shape index (κ3) is 5.78. The van der Waals surface area contributed by atoms with Gasteiger partial charge in [-0.2, -0.15) is 0 Å². The second kappa shape index (κ2) is 13.7. The van der Waals surface area contributed by atoms with Crippen LogP contribution in [-0.4, -0.2) is 15.0 Å². The van der Waals surface area contributed by atoms with Crippen LogP contribution in [0, 0.1) is 17.8 Å². The van der Waals surface area contributed by atoms with Crippen molar-refractivity contribution in [2.45, 2.75) is 31.6 Å². The van der Waals surface area contributed by atoms with Gasteiger partial charge >= 0.3 is 0 Å². The predicted molar refractivity (Wildman–Crippen MR) is 230 cm³/mol. The molecule has 3 nitrogen and oxygen atoms in total. The molecule has 3 heteroatoms. The molecular weight excluding hydrogens is 679 g/mol. The van der Waals surface area contributed by atoms with Crippen LogP contribution in [0.3, 0.4) is 0 Å². The van der Waals surface area contributed by atoms with Crippen LogP contribution in [0.5, 0.6) is 0 Å². The van der Waals surface area contributed by atoms with Crippen molar-refractivity contribution in [3.63, 3.8) is 0 Å². The predicted octanol–water partition coefficient (Wildman–Crippen LogP) is 12.7. The van der Waals surface area contributed by atoms with E-state index in [0.29, 0.717) is 17.8 Å². The van der Waals surface area contributed by atoms with Crippen LogP contribution in [0.4, 0.5) is 0 Å². The maximum absolute atomic E-state index is 5.36. The molecule has 5 aromatic rings. The van der Waals surface area contributed by atoms with Crippen molar-refractivity contribution < 1.29 is 0 Å². The van der Waals surface area contributed by atoms with E-state index in [1.165, 1.54) is 39.0 Å². The number of hydrogen-bond acceptors (Lipinski definition) is 3. The molecule has 4 atom stereocenters. The number of benzene rings is 3. The third-order valence-corrected chi connectivity index (χ3v) is 12.5. The summed E-state index contributed by atoms with van der Waals surface area (Å²) in [6, 6.07) is 30.3. The highest BCUT2D eigenvalue weighted by Gasteiger charge is 2.32. The number of nitrogens with zero attached hydrogens (tertiary/aromatic N) is 3. The van der Waals surface area contributed by atoms with E-state index >= 15 is 0 Å². The first-order valence-corrected chi connectivity index (χ1v) is 20.1. The lowest BCUT2D eigenvalue weighted by Gasteiger charge is -2.35. The minimum atomic E-state index is 0.285. The summed E-state index contributed by atoms with van der Waals surface area (Å²) in [7, 11) is 0. The fourth-order valence-electron chi connectivity index (χ4n) is 9.60. The smallest absolute Gasteiger partial charge is 0.160 e. The van der Waals surface area contributed by atoms with Gasteiger partial charge in [0.15, 0.2) is 5.82 Å². The van der Waals surface area contributed by atoms with Crippen LogP contribution in [0.15, 0.2) is 198 Å². The molecule has 0 aliphatic heterocycles. The highest BCUT2D eigenvalue weighted by atomic mass is 14.9. The lowest BCUT2D eigenvalue weighted by Crippen LogP contribution is -2.21. The summed E-state index contributed by atoms with van der Waals surface area (Å²) in [4.78, 5) is 15.4. The van der Waals surface area contributed by atoms with E-state index in [4.69, 9.17) is 15.0 Å². The van der Waals surface area contributed by atoms with Crippen LogP contribution in [-0.2, 0) is 0 Å². The van der Waals surface area contributed by atoms with E-state index in [1.807, 2.05) is 12.3 Å². The van der Waals surface area contributed by atoms with Crippen molar-refractivity contribution in [3.8, 4) is 22.5 Å². The molecule has 0 spiro atoms. The highest BCUT2D eigenvalue weighted by Crippen LogP contribution is 2.47. The molecule has 2 aromatic heterocycles. The molecule has 0 fully saturated rings. The standard InChI is InChI=1S/C53H41N3/c1-4-14-42-38(11-1)30-48(46-18-8-6-16-44(42)46)35-23-25-36(26-24-35)51-32-52(49-31-39-12-2-5-15-43(39)45-17-7-9-19-47(45)49)56-53(55-51)37-27-21-34(22-28-37)41-29-40-13-3-10-20-50(40)54-33-41/h1-7,9-17,19-23,25,27-33,38-39,42-43H,8,18,24,26H2. The lowest BCUT2D eigenvalue weighted by molar-refractivity contribution is 0.612. The minimum absolute atomic E-state index is 0.285. The Kier molecular flexibility index (Phi) is 8.05. The van der Waals surface area contributed by atoms with E-state index in [2.05, 4.69) is 164 Å². The normalized spacial score (nSPS) is 23.1. The topological polar surface area (TPSA) is 38.7 Å².